The topological polar surface area (TPSA) is 80.1 Å². The quantitative estimate of drug-likeness (QED) is 0.400. The fraction of sp³-hybridized carbons (Fsp3) is 0.143. The van der Waals surface area contributed by atoms with E-state index in [9.17, 15) is 9.59 Å². The van der Waals surface area contributed by atoms with Crippen LogP contribution in [0.3, 0.4) is 0 Å². The van der Waals surface area contributed by atoms with Crippen LogP contribution < -0.4 is 10.2 Å². The summed E-state index contributed by atoms with van der Waals surface area (Å²) in [5, 5.41) is 7.69. The van der Waals surface area contributed by atoms with Gasteiger partial charge in [-0.3, -0.25) is 19.3 Å². The highest BCUT2D eigenvalue weighted by Gasteiger charge is 2.24. The predicted octanol–water partition coefficient (Wildman–Crippen LogP) is 4.77. The molecular weight excluding hydrogens is 438 g/mol. The number of rotatable bonds is 7. The highest BCUT2D eigenvalue weighted by atomic mass is 16.2. The fourth-order valence-electron chi connectivity index (χ4n) is 4.19. The molecule has 2 aromatic heterocycles. The molecule has 4 aromatic rings. The van der Waals surface area contributed by atoms with Crippen LogP contribution in [-0.4, -0.2) is 33.1 Å². The van der Waals surface area contributed by atoms with Crippen molar-refractivity contribution >= 4 is 29.3 Å². The first kappa shape index (κ1) is 22.3. The van der Waals surface area contributed by atoms with Crippen LogP contribution in [0.4, 0.5) is 11.4 Å². The molecule has 0 atom stereocenters. The number of para-hydroxylation sites is 2. The molecule has 5 rings (SSSR count). The Morgan fingerprint density at radius 3 is 2.63 bits per heavy atom. The molecule has 0 unspecified atom stereocenters. The maximum atomic E-state index is 12.8. The van der Waals surface area contributed by atoms with Gasteiger partial charge in [0, 0.05) is 48.8 Å². The first-order chi connectivity index (χ1) is 17.2. The molecule has 0 saturated carbocycles. The van der Waals surface area contributed by atoms with E-state index in [2.05, 4.69) is 22.4 Å². The lowest BCUT2D eigenvalue weighted by Crippen LogP contribution is -2.25. The zero-order valence-corrected chi connectivity index (χ0v) is 19.2. The normalized spacial score (nSPS) is 13.5. The number of amides is 2. The summed E-state index contributed by atoms with van der Waals surface area (Å²) in [6.45, 7) is 1.28. The van der Waals surface area contributed by atoms with Gasteiger partial charge in [0.15, 0.2) is 0 Å². The largest absolute Gasteiger partial charge is 0.321 e. The van der Waals surface area contributed by atoms with Crippen molar-refractivity contribution in [1.29, 1.82) is 0 Å². The van der Waals surface area contributed by atoms with Gasteiger partial charge in [-0.1, -0.05) is 42.5 Å². The lowest BCUT2D eigenvalue weighted by atomic mass is 10.1. The van der Waals surface area contributed by atoms with E-state index in [0.29, 0.717) is 25.2 Å². The van der Waals surface area contributed by atoms with Crippen LogP contribution in [0.25, 0.3) is 17.3 Å². The highest BCUT2D eigenvalue weighted by Crippen LogP contribution is 2.29. The minimum Gasteiger partial charge on any atom is -0.321 e. The predicted molar refractivity (Wildman–Crippen MR) is 137 cm³/mol. The second-order valence-corrected chi connectivity index (χ2v) is 8.35. The lowest BCUT2D eigenvalue weighted by molar-refractivity contribution is -0.117. The van der Waals surface area contributed by atoms with Crippen LogP contribution in [0, 0.1) is 0 Å². The standard InChI is InChI=1S/C28H25N5O2/c34-26(30-24-11-4-5-12-25(24)33-17-7-13-27(33)35)15-14-23-20-32(19-21-8-2-1-3-9-21)31-28(23)22-10-6-16-29-18-22/h1-6,8-12,14-16,18,20H,7,13,17,19H2,(H,30,34)/b15-14+. The summed E-state index contributed by atoms with van der Waals surface area (Å²) >= 11 is 0. The minimum absolute atomic E-state index is 0.0779. The molecule has 1 N–H and O–H groups in total. The molecule has 1 fully saturated rings. The molecule has 2 aromatic carbocycles. The molecule has 0 aliphatic carbocycles. The summed E-state index contributed by atoms with van der Waals surface area (Å²) in [6, 6.07) is 21.3. The molecule has 1 saturated heterocycles. The monoisotopic (exact) mass is 463 g/mol. The van der Waals surface area contributed by atoms with Gasteiger partial charge >= 0.3 is 0 Å². The van der Waals surface area contributed by atoms with E-state index in [0.717, 1.165) is 34.5 Å². The van der Waals surface area contributed by atoms with E-state index in [4.69, 9.17) is 5.10 Å². The van der Waals surface area contributed by atoms with E-state index >= 15 is 0 Å². The summed E-state index contributed by atoms with van der Waals surface area (Å²) < 4.78 is 1.86. The van der Waals surface area contributed by atoms with Crippen LogP contribution in [0.1, 0.15) is 24.0 Å². The van der Waals surface area contributed by atoms with Crippen molar-refractivity contribution in [1.82, 2.24) is 14.8 Å². The van der Waals surface area contributed by atoms with Gasteiger partial charge in [-0.05, 0) is 42.3 Å². The number of hydrogen-bond acceptors (Lipinski definition) is 4. The number of hydrogen-bond donors (Lipinski definition) is 1. The molecule has 0 spiro atoms. The Morgan fingerprint density at radius 1 is 1.03 bits per heavy atom. The van der Waals surface area contributed by atoms with Gasteiger partial charge in [0.2, 0.25) is 11.8 Å². The number of pyridine rings is 1. The number of nitrogens with zero attached hydrogens (tertiary/aromatic N) is 4. The third-order valence-corrected chi connectivity index (χ3v) is 5.85. The van der Waals surface area contributed by atoms with Gasteiger partial charge in [0.25, 0.3) is 0 Å². The number of carbonyl (C=O) groups excluding carboxylic acids is 2. The Balaban J connectivity index is 1.38. The number of aromatic nitrogens is 3. The molecule has 1 aliphatic rings. The summed E-state index contributed by atoms with van der Waals surface area (Å²) in [7, 11) is 0. The van der Waals surface area contributed by atoms with Gasteiger partial charge in [0.05, 0.1) is 17.9 Å². The van der Waals surface area contributed by atoms with Crippen LogP contribution in [-0.2, 0) is 16.1 Å². The Bertz CT molecular complexity index is 1360. The number of benzene rings is 2. The van der Waals surface area contributed by atoms with Gasteiger partial charge < -0.3 is 10.2 Å². The molecule has 2 amide bonds. The SMILES string of the molecule is O=C(/C=C/c1cn(Cc2ccccc2)nc1-c1cccnc1)Nc1ccccc1N1CCCC1=O. The zero-order chi connectivity index (χ0) is 24.0. The maximum Gasteiger partial charge on any atom is 0.248 e. The van der Waals surface area contributed by atoms with Gasteiger partial charge in [-0.2, -0.15) is 5.10 Å². The third kappa shape index (κ3) is 5.19. The summed E-state index contributed by atoms with van der Waals surface area (Å²) in [5.41, 5.74) is 4.91. The van der Waals surface area contributed by atoms with E-state index < -0.39 is 0 Å². The minimum atomic E-state index is -0.281. The molecule has 35 heavy (non-hydrogen) atoms. The van der Waals surface area contributed by atoms with Gasteiger partial charge in [0.1, 0.15) is 5.69 Å². The fourth-order valence-corrected chi connectivity index (χ4v) is 4.19. The van der Waals surface area contributed by atoms with E-state index in [1.165, 1.54) is 6.08 Å². The second-order valence-electron chi connectivity index (χ2n) is 8.35. The van der Waals surface area contributed by atoms with E-state index in [-0.39, 0.29) is 11.8 Å². The van der Waals surface area contributed by atoms with Crippen molar-refractivity contribution in [2.75, 3.05) is 16.8 Å². The molecule has 174 valence electrons. The van der Waals surface area contributed by atoms with Crippen molar-refractivity contribution in [3.8, 4) is 11.3 Å². The smallest absolute Gasteiger partial charge is 0.248 e. The van der Waals surface area contributed by atoms with Crippen molar-refractivity contribution in [2.24, 2.45) is 0 Å². The molecule has 0 radical (unpaired) electrons. The first-order valence-electron chi connectivity index (χ1n) is 11.6. The van der Waals surface area contributed by atoms with E-state index in [1.807, 2.05) is 65.5 Å². The Labute approximate surface area is 203 Å². The van der Waals surface area contributed by atoms with Gasteiger partial charge in [-0.25, -0.2) is 0 Å². The molecule has 7 nitrogen and oxygen atoms in total. The Hall–Kier alpha value is -4.52. The Morgan fingerprint density at radius 2 is 1.86 bits per heavy atom. The molecule has 0 bridgehead atoms. The second kappa shape index (κ2) is 10.2. The van der Waals surface area contributed by atoms with Gasteiger partial charge in [-0.15, -0.1) is 0 Å². The summed E-state index contributed by atoms with van der Waals surface area (Å²) in [6.07, 6.45) is 10.0. The molecule has 3 heterocycles. The lowest BCUT2D eigenvalue weighted by Gasteiger charge is -2.19. The van der Waals surface area contributed by atoms with Crippen molar-refractivity contribution in [3.63, 3.8) is 0 Å². The van der Waals surface area contributed by atoms with Crippen LogP contribution in [0.2, 0.25) is 0 Å². The number of nitrogens with one attached hydrogen (secondary N) is 1. The molecular formula is C28H25N5O2. The third-order valence-electron chi connectivity index (χ3n) is 5.85. The average Bonchev–Trinajstić information content (AvgIpc) is 3.50. The molecule has 1 aliphatic heterocycles. The average molecular weight is 464 g/mol. The molecule has 7 heteroatoms. The van der Waals surface area contributed by atoms with Crippen molar-refractivity contribution < 1.29 is 9.59 Å². The number of anilines is 2. The highest BCUT2D eigenvalue weighted by molar-refractivity contribution is 6.06. The van der Waals surface area contributed by atoms with Crippen molar-refractivity contribution in [3.05, 3.63) is 103 Å². The van der Waals surface area contributed by atoms with Crippen molar-refractivity contribution in [2.45, 2.75) is 19.4 Å². The zero-order valence-electron chi connectivity index (χ0n) is 19.2. The van der Waals surface area contributed by atoms with Crippen LogP contribution in [0.15, 0.2) is 91.4 Å². The van der Waals surface area contributed by atoms with Crippen LogP contribution >= 0.6 is 0 Å². The number of carbonyl (C=O) groups is 2. The Kier molecular flexibility index (Phi) is 6.48. The summed E-state index contributed by atoms with van der Waals surface area (Å²) in [4.78, 5) is 31.0. The van der Waals surface area contributed by atoms with E-state index in [1.54, 1.807) is 23.4 Å². The maximum absolute atomic E-state index is 12.8. The summed E-state index contributed by atoms with van der Waals surface area (Å²) in [5.74, 6) is -0.203. The first-order valence-corrected chi connectivity index (χ1v) is 11.6. The van der Waals surface area contributed by atoms with Crippen LogP contribution in [0.5, 0.6) is 0 Å².